The first-order chi connectivity index (χ1) is 30.6. The molecule has 3 saturated heterocycles. The van der Waals surface area contributed by atoms with Crippen LogP contribution in [0.2, 0.25) is 0 Å². The molecule has 5 aromatic rings. The summed E-state index contributed by atoms with van der Waals surface area (Å²) in [6, 6.07) is 11.6. The van der Waals surface area contributed by atoms with Crippen LogP contribution in [0.5, 0.6) is 11.8 Å². The maximum Gasteiger partial charge on any atom is 0.319 e. The Labute approximate surface area is 365 Å². The fourth-order valence-electron chi connectivity index (χ4n) is 10.0. The van der Waals surface area contributed by atoms with Crippen molar-refractivity contribution in [3.05, 3.63) is 70.7 Å². The predicted molar refractivity (Wildman–Crippen MR) is 235 cm³/mol. The number of halogens is 1. The number of ether oxygens (including phenoxy) is 3. The van der Waals surface area contributed by atoms with Gasteiger partial charge in [0.25, 0.3) is 0 Å². The number of nitrogens with one attached hydrogen (secondary N) is 2. The van der Waals surface area contributed by atoms with Crippen LogP contribution in [0.25, 0.3) is 32.9 Å². The van der Waals surface area contributed by atoms with Crippen LogP contribution in [-0.2, 0) is 20.9 Å². The summed E-state index contributed by atoms with van der Waals surface area (Å²) < 4.78 is 34.8. The second-order valence-corrected chi connectivity index (χ2v) is 18.3. The number of hydrogen-bond donors (Lipinski definition) is 2. The van der Waals surface area contributed by atoms with Gasteiger partial charge in [-0.25, -0.2) is 4.39 Å². The van der Waals surface area contributed by atoms with E-state index in [1.54, 1.807) is 23.2 Å². The van der Waals surface area contributed by atoms with Gasteiger partial charge in [-0.2, -0.15) is 20.2 Å². The lowest BCUT2D eigenvalue weighted by molar-refractivity contribution is -0.141. The Bertz CT molecular complexity index is 2580. The molecule has 2 aromatic heterocycles. The van der Waals surface area contributed by atoms with Gasteiger partial charge in [-0.15, -0.1) is 0 Å². The smallest absolute Gasteiger partial charge is 0.319 e. The average Bonchev–Trinajstić information content (AvgIpc) is 3.85. The summed E-state index contributed by atoms with van der Waals surface area (Å²) in [5.41, 5.74) is 6.21. The van der Waals surface area contributed by atoms with Gasteiger partial charge in [0.15, 0.2) is 5.75 Å². The molecule has 10 rings (SSSR count). The Kier molecular flexibility index (Phi) is 11.0. The van der Waals surface area contributed by atoms with Crippen LogP contribution in [0.4, 0.5) is 10.2 Å². The van der Waals surface area contributed by atoms with Crippen LogP contribution in [0.3, 0.4) is 0 Å². The Balaban J connectivity index is 1.02. The van der Waals surface area contributed by atoms with E-state index in [1.165, 1.54) is 6.07 Å². The van der Waals surface area contributed by atoms with E-state index in [-0.39, 0.29) is 67.0 Å². The Hall–Kier alpha value is -5.74. The number of aromatic amines is 1. The number of anilines is 1. The average molecular weight is 859 g/mol. The highest BCUT2D eigenvalue weighted by molar-refractivity contribution is 6.06. The summed E-state index contributed by atoms with van der Waals surface area (Å²) in [7, 11) is 1.65. The van der Waals surface area contributed by atoms with Crippen LogP contribution in [0.1, 0.15) is 87.1 Å². The third-order valence-electron chi connectivity index (χ3n) is 13.7. The summed E-state index contributed by atoms with van der Waals surface area (Å²) in [6.07, 6.45) is 7.01. The molecule has 3 aromatic carbocycles. The van der Waals surface area contributed by atoms with Crippen LogP contribution in [0.15, 0.2) is 52.9 Å². The van der Waals surface area contributed by atoms with Gasteiger partial charge in [-0.05, 0) is 92.2 Å². The molecule has 5 unspecified atom stereocenters. The third kappa shape index (κ3) is 7.64. The maximum atomic E-state index is 16.0. The molecule has 0 radical (unpaired) electrons. The van der Waals surface area contributed by atoms with Crippen molar-refractivity contribution in [2.24, 2.45) is 16.3 Å². The number of hydrogen-bond acceptors (Lipinski definition) is 13. The van der Waals surface area contributed by atoms with Gasteiger partial charge >= 0.3 is 6.01 Å². The fraction of sp³-hybridized carbons (Fsp3) is 0.511. The highest BCUT2D eigenvalue weighted by Crippen LogP contribution is 2.53. The molecule has 2 N–H and O–H groups in total. The molecule has 6 atom stereocenters. The molecule has 6 heterocycles. The van der Waals surface area contributed by atoms with Crippen molar-refractivity contribution in [1.82, 2.24) is 35.4 Å². The number of nitrogens with zero attached hydrogens (tertiary/aromatic N) is 8. The van der Waals surface area contributed by atoms with E-state index in [9.17, 15) is 9.59 Å². The van der Waals surface area contributed by atoms with E-state index in [4.69, 9.17) is 24.2 Å². The van der Waals surface area contributed by atoms with Gasteiger partial charge in [0.05, 0.1) is 30.4 Å². The standard InChI is InChI=1S/C47H55FN10O5/c1-25(2)43(46(60)56-14-6-7-32(56)22-59)58-21-39(54-55-58)30-10-8-28(9-11-30)24-62-44-41(40-27(4)37(48)17-38-36(40)19-50-53-38)34(29-12-13-29)16-35-42(44)51-47(63-23-26(3)61-5)52-45(35)57-20-31-15-33(57)18-49-31/h8-11,16-17,19,22,25-26,29,31-33,39,43,49H,6-7,12-15,18,20-21,23-24H2,1-5H3,(H,50,53)/t26-,31?,32?,33?,39?,43?/m0/s1. The number of piperazine rings is 1. The van der Waals surface area contributed by atoms with Crippen molar-refractivity contribution in [3.63, 3.8) is 0 Å². The largest absolute Gasteiger partial charge is 0.486 e. The van der Waals surface area contributed by atoms with E-state index in [1.807, 2.05) is 52.0 Å². The number of carbonyl (C=O) groups excluding carboxylic acids is 2. The summed E-state index contributed by atoms with van der Waals surface area (Å²) in [5, 5.41) is 23.5. The number of amides is 1. The lowest BCUT2D eigenvalue weighted by Gasteiger charge is -2.32. The molecule has 5 aliphatic rings. The van der Waals surface area contributed by atoms with Gasteiger partial charge in [0.1, 0.15) is 48.7 Å². The molecule has 16 heteroatoms. The SMILES string of the molecule is CO[C@@H](C)COc1nc(N2CC3CC2CN3)c2cc(C3CC3)c(-c3c(C)c(F)cc4[nH]ncc34)c(OCc3ccc(C4CN(C(C(=O)N5CCCC5C=O)C(C)C)N=N4)cc3)c2n1. The second-order valence-electron chi connectivity index (χ2n) is 18.3. The lowest BCUT2D eigenvalue weighted by atomic mass is 9.88. The Morgan fingerprint density at radius 3 is 2.57 bits per heavy atom. The minimum Gasteiger partial charge on any atom is -0.486 e. The van der Waals surface area contributed by atoms with Crippen molar-refractivity contribution >= 4 is 39.8 Å². The van der Waals surface area contributed by atoms with Gasteiger partial charge in [0.2, 0.25) is 5.91 Å². The van der Waals surface area contributed by atoms with Crippen LogP contribution < -0.4 is 19.7 Å². The molecule has 63 heavy (non-hydrogen) atoms. The van der Waals surface area contributed by atoms with E-state index >= 15 is 4.39 Å². The first-order valence-electron chi connectivity index (χ1n) is 22.4. The molecule has 1 saturated carbocycles. The molecule has 4 aliphatic heterocycles. The Morgan fingerprint density at radius 2 is 1.86 bits per heavy atom. The number of carbonyl (C=O) groups is 2. The molecule has 2 bridgehead atoms. The molecular formula is C47H55FN10O5. The summed E-state index contributed by atoms with van der Waals surface area (Å²) in [4.78, 5) is 39.8. The summed E-state index contributed by atoms with van der Waals surface area (Å²) >= 11 is 0. The normalized spacial score (nSPS) is 22.9. The number of likely N-dealkylation sites (tertiary alicyclic amines) is 1. The van der Waals surface area contributed by atoms with Crippen molar-refractivity contribution < 1.29 is 28.2 Å². The molecule has 1 amide bonds. The second kappa shape index (κ2) is 16.8. The van der Waals surface area contributed by atoms with Crippen molar-refractivity contribution in [2.75, 3.05) is 44.8 Å². The van der Waals surface area contributed by atoms with Gasteiger partial charge in [0, 0.05) is 60.7 Å². The maximum absolute atomic E-state index is 16.0. The zero-order chi connectivity index (χ0) is 43.5. The highest BCUT2D eigenvalue weighted by atomic mass is 19.1. The van der Waals surface area contributed by atoms with Crippen molar-refractivity contribution in [3.8, 4) is 22.9 Å². The van der Waals surface area contributed by atoms with E-state index in [0.717, 1.165) is 89.5 Å². The fourth-order valence-corrected chi connectivity index (χ4v) is 10.0. The minimum atomic E-state index is -0.511. The minimum absolute atomic E-state index is 0.0248. The zero-order valence-electron chi connectivity index (χ0n) is 36.5. The number of H-pyrrole nitrogens is 1. The number of benzene rings is 3. The summed E-state index contributed by atoms with van der Waals surface area (Å²) in [6.45, 7) is 10.9. The first-order valence-corrected chi connectivity index (χ1v) is 22.4. The van der Waals surface area contributed by atoms with Crippen LogP contribution in [0, 0.1) is 18.7 Å². The Morgan fingerprint density at radius 1 is 1.03 bits per heavy atom. The number of aldehydes is 1. The van der Waals surface area contributed by atoms with Gasteiger partial charge in [-0.3, -0.25) is 14.9 Å². The molecule has 15 nitrogen and oxygen atoms in total. The topological polar surface area (TPSA) is 163 Å². The summed E-state index contributed by atoms with van der Waals surface area (Å²) in [5.74, 6) is 1.18. The molecule has 0 spiro atoms. The zero-order valence-corrected chi connectivity index (χ0v) is 36.5. The monoisotopic (exact) mass is 858 g/mol. The van der Waals surface area contributed by atoms with E-state index in [0.29, 0.717) is 47.9 Å². The molecular weight excluding hydrogens is 804 g/mol. The quantitative estimate of drug-likeness (QED) is 0.105. The van der Waals surface area contributed by atoms with E-state index < -0.39 is 6.04 Å². The molecule has 330 valence electrons. The first kappa shape index (κ1) is 41.3. The van der Waals surface area contributed by atoms with Gasteiger partial charge in [-0.1, -0.05) is 43.3 Å². The third-order valence-corrected chi connectivity index (χ3v) is 13.7. The number of rotatable bonds is 15. The number of methoxy groups -OCH3 is 1. The van der Waals surface area contributed by atoms with Gasteiger partial charge < -0.3 is 34.1 Å². The van der Waals surface area contributed by atoms with Crippen molar-refractivity contribution in [2.45, 2.75) is 109 Å². The number of fused-ring (bicyclic) bond motifs is 4. The highest BCUT2D eigenvalue weighted by Gasteiger charge is 2.42. The number of aromatic nitrogens is 4. The van der Waals surface area contributed by atoms with E-state index in [2.05, 4.69) is 36.8 Å². The molecule has 4 fully saturated rings. The molecule has 1 aliphatic carbocycles. The van der Waals surface area contributed by atoms with Crippen LogP contribution in [-0.4, -0.2) is 112 Å². The lowest BCUT2D eigenvalue weighted by Crippen LogP contribution is -2.51. The van der Waals surface area contributed by atoms with Crippen LogP contribution >= 0.6 is 0 Å². The van der Waals surface area contributed by atoms with Crippen molar-refractivity contribution in [1.29, 1.82) is 0 Å². The predicted octanol–water partition coefficient (Wildman–Crippen LogP) is 6.98.